The first-order valence-electron chi connectivity index (χ1n) is 10.5. The van der Waals surface area contributed by atoms with Gasteiger partial charge in [0.05, 0.1) is 5.69 Å². The molecule has 7 nitrogen and oxygen atoms in total. The Morgan fingerprint density at radius 1 is 1.05 bits per heavy atom. The molecule has 0 saturated heterocycles. The van der Waals surface area contributed by atoms with Crippen LogP contribution in [0.25, 0.3) is 17.1 Å². The molecule has 0 unspecified atom stereocenters. The Morgan fingerprint density at radius 2 is 1.68 bits per heavy atom. The van der Waals surface area contributed by atoms with Gasteiger partial charge in [-0.3, -0.25) is 14.1 Å². The van der Waals surface area contributed by atoms with Gasteiger partial charge in [-0.15, -0.1) is 0 Å². The highest BCUT2D eigenvalue weighted by Gasteiger charge is 2.64. The van der Waals surface area contributed by atoms with Gasteiger partial charge in [0.2, 0.25) is 0 Å². The summed E-state index contributed by atoms with van der Waals surface area (Å²) in [6, 6.07) is 6.23. The van der Waals surface area contributed by atoms with Gasteiger partial charge in [-0.1, -0.05) is 18.2 Å². The summed E-state index contributed by atoms with van der Waals surface area (Å²) >= 11 is 0. The number of amides is 1. The molecular formula is C22H21F8N5O2. The number of rotatable bonds is 5. The van der Waals surface area contributed by atoms with Crippen molar-refractivity contribution < 1.29 is 45.0 Å². The lowest BCUT2D eigenvalue weighted by Gasteiger charge is -2.33. The van der Waals surface area contributed by atoms with E-state index in [0.717, 1.165) is 24.5 Å². The highest BCUT2D eigenvalue weighted by Crippen LogP contribution is 2.49. The molecule has 0 spiro atoms. The van der Waals surface area contributed by atoms with Crippen LogP contribution in [0, 0.1) is 0 Å². The van der Waals surface area contributed by atoms with Gasteiger partial charge in [0.15, 0.2) is 5.69 Å². The summed E-state index contributed by atoms with van der Waals surface area (Å²) in [5.41, 5.74) is -4.55. The van der Waals surface area contributed by atoms with Crippen LogP contribution in [0.1, 0.15) is 37.6 Å². The molecule has 2 aromatic heterocycles. The Balaban J connectivity index is 2.08. The van der Waals surface area contributed by atoms with Crippen molar-refractivity contribution in [1.82, 2.24) is 24.2 Å². The number of hydrogen-bond donors (Lipinski definition) is 1. The van der Waals surface area contributed by atoms with Gasteiger partial charge in [0.25, 0.3) is 0 Å². The Morgan fingerprint density at radius 3 is 2.19 bits per heavy atom. The molecular weight excluding hydrogens is 518 g/mol. The van der Waals surface area contributed by atoms with Crippen LogP contribution in [0.2, 0.25) is 0 Å². The average Bonchev–Trinajstić information content (AvgIpc) is 3.34. The van der Waals surface area contributed by atoms with E-state index in [1.807, 2.05) is 0 Å². The summed E-state index contributed by atoms with van der Waals surface area (Å²) in [4.78, 5) is 16.8. The third kappa shape index (κ3) is 5.39. The van der Waals surface area contributed by atoms with Crippen molar-refractivity contribution in [3.05, 3.63) is 53.6 Å². The van der Waals surface area contributed by atoms with Crippen molar-refractivity contribution in [3.63, 3.8) is 0 Å². The highest BCUT2D eigenvalue weighted by atomic mass is 19.4. The zero-order chi connectivity index (χ0) is 28.1. The quantitative estimate of drug-likeness (QED) is 0.391. The maximum Gasteiger partial charge on any atom is 0.459 e. The SMILES string of the molecule is Cn1nc(C(F)(F)C(F)(F)F)c(C(F)(F)F)c1-n1cnc(-c2cccc(CN(C(=O)O)C(C)(C)C)c2)c1. The minimum absolute atomic E-state index is 0.0246. The number of carboxylic acid groups (broad SMARTS) is 1. The maximum absolute atomic E-state index is 14.0. The first kappa shape index (κ1) is 27.9. The Labute approximate surface area is 204 Å². The second-order valence-corrected chi connectivity index (χ2v) is 9.15. The molecule has 3 aromatic rings. The van der Waals surface area contributed by atoms with Crippen LogP contribution in [0.3, 0.4) is 0 Å². The molecule has 0 radical (unpaired) electrons. The van der Waals surface area contributed by atoms with Crippen molar-refractivity contribution >= 4 is 6.09 Å². The molecule has 0 aliphatic heterocycles. The van der Waals surface area contributed by atoms with E-state index in [1.54, 1.807) is 32.9 Å². The van der Waals surface area contributed by atoms with E-state index in [2.05, 4.69) is 10.1 Å². The Kier molecular flexibility index (Phi) is 6.81. The van der Waals surface area contributed by atoms with Crippen LogP contribution in [0.4, 0.5) is 39.9 Å². The van der Waals surface area contributed by atoms with Crippen LogP contribution >= 0.6 is 0 Å². The van der Waals surface area contributed by atoms with E-state index < -0.39 is 47.0 Å². The number of alkyl halides is 8. The van der Waals surface area contributed by atoms with Crippen LogP contribution in [-0.4, -0.2) is 47.1 Å². The molecule has 3 rings (SSSR count). The first-order valence-corrected chi connectivity index (χ1v) is 10.5. The standard InChI is InChI=1S/C22H21F8N5O2/c1-19(2,3)35(18(36)37)9-12-6-5-7-13(8-12)14-10-34(11-31-14)17-15(21(25,26)27)16(32-33(17)4)20(23,24)22(28,29)30/h5-8,10-11H,9H2,1-4H3,(H,36,37). The summed E-state index contributed by atoms with van der Waals surface area (Å²) in [5, 5.41) is 12.4. The largest absolute Gasteiger partial charge is 0.465 e. The lowest BCUT2D eigenvalue weighted by Crippen LogP contribution is -2.44. The molecule has 15 heteroatoms. The fourth-order valence-electron chi connectivity index (χ4n) is 3.62. The van der Waals surface area contributed by atoms with E-state index in [1.165, 1.54) is 12.1 Å². The summed E-state index contributed by atoms with van der Waals surface area (Å²) in [5.74, 6) is -6.96. The smallest absolute Gasteiger partial charge is 0.459 e. The number of halogens is 8. The molecule has 1 N–H and O–H groups in total. The normalized spacial score (nSPS) is 13.2. The minimum Gasteiger partial charge on any atom is -0.465 e. The van der Waals surface area contributed by atoms with Gasteiger partial charge in [-0.05, 0) is 32.4 Å². The zero-order valence-electron chi connectivity index (χ0n) is 19.8. The summed E-state index contributed by atoms with van der Waals surface area (Å²) < 4.78 is 109. The molecule has 0 aliphatic rings. The summed E-state index contributed by atoms with van der Waals surface area (Å²) in [6.45, 7) is 5.04. The predicted molar refractivity (Wildman–Crippen MR) is 114 cm³/mol. The second kappa shape index (κ2) is 9.03. The van der Waals surface area contributed by atoms with Gasteiger partial charge in [0.1, 0.15) is 17.7 Å². The Bertz CT molecular complexity index is 1300. The molecule has 1 amide bonds. The van der Waals surface area contributed by atoms with Crippen molar-refractivity contribution in [1.29, 1.82) is 0 Å². The van der Waals surface area contributed by atoms with Crippen LogP contribution in [0.15, 0.2) is 36.8 Å². The lowest BCUT2D eigenvalue weighted by atomic mass is 10.0. The fraction of sp³-hybridized carbons (Fsp3) is 0.409. The van der Waals surface area contributed by atoms with Gasteiger partial charge in [-0.25, -0.2) is 9.78 Å². The second-order valence-electron chi connectivity index (χ2n) is 9.15. The number of hydrogen-bond acceptors (Lipinski definition) is 3. The molecule has 0 saturated carbocycles. The number of imidazole rings is 1. The third-order valence-electron chi connectivity index (χ3n) is 5.39. The van der Waals surface area contributed by atoms with E-state index in [-0.39, 0.29) is 16.9 Å². The number of aromatic nitrogens is 4. The predicted octanol–water partition coefficient (Wildman–Crippen LogP) is 6.22. The molecule has 0 bridgehead atoms. The van der Waals surface area contributed by atoms with Gasteiger partial charge < -0.3 is 5.11 Å². The first-order chi connectivity index (χ1) is 16.7. The number of aryl methyl sites for hydroxylation is 1. The number of benzene rings is 1. The van der Waals surface area contributed by atoms with Crippen molar-refractivity contribution in [2.75, 3.05) is 0 Å². The van der Waals surface area contributed by atoms with Crippen molar-refractivity contribution in [2.24, 2.45) is 7.05 Å². The number of carbonyl (C=O) groups is 1. The lowest BCUT2D eigenvalue weighted by molar-refractivity contribution is -0.292. The Hall–Kier alpha value is -3.65. The molecule has 37 heavy (non-hydrogen) atoms. The van der Waals surface area contributed by atoms with Crippen molar-refractivity contribution in [2.45, 2.75) is 51.1 Å². The highest BCUT2D eigenvalue weighted by molar-refractivity contribution is 5.66. The average molecular weight is 539 g/mol. The van der Waals surface area contributed by atoms with Gasteiger partial charge in [0, 0.05) is 30.9 Å². The minimum atomic E-state index is -6.31. The molecule has 0 atom stereocenters. The van der Waals surface area contributed by atoms with E-state index in [9.17, 15) is 45.0 Å². The van der Waals surface area contributed by atoms with Crippen molar-refractivity contribution in [3.8, 4) is 17.1 Å². The summed E-state index contributed by atoms with van der Waals surface area (Å²) in [7, 11) is 0.799. The topological polar surface area (TPSA) is 76.2 Å². The van der Waals surface area contributed by atoms with Gasteiger partial charge >= 0.3 is 24.4 Å². The third-order valence-corrected chi connectivity index (χ3v) is 5.39. The molecule has 1 aromatic carbocycles. The monoisotopic (exact) mass is 539 g/mol. The van der Waals surface area contributed by atoms with Crippen LogP contribution in [-0.2, 0) is 25.7 Å². The van der Waals surface area contributed by atoms with Crippen LogP contribution in [0.5, 0.6) is 0 Å². The zero-order valence-corrected chi connectivity index (χ0v) is 19.8. The van der Waals surface area contributed by atoms with E-state index in [0.29, 0.717) is 15.7 Å². The van der Waals surface area contributed by atoms with E-state index in [4.69, 9.17) is 0 Å². The molecule has 0 fully saturated rings. The fourth-order valence-corrected chi connectivity index (χ4v) is 3.62. The molecule has 0 aliphatic carbocycles. The van der Waals surface area contributed by atoms with Crippen LogP contribution < -0.4 is 0 Å². The molecule has 202 valence electrons. The van der Waals surface area contributed by atoms with E-state index >= 15 is 0 Å². The van der Waals surface area contributed by atoms with Gasteiger partial charge in [-0.2, -0.15) is 40.2 Å². The maximum atomic E-state index is 14.0. The molecule has 2 heterocycles. The summed E-state index contributed by atoms with van der Waals surface area (Å²) in [6.07, 6.45) is -11.3. The number of nitrogens with zero attached hydrogens (tertiary/aromatic N) is 5.